The van der Waals surface area contributed by atoms with Crippen molar-refractivity contribution in [2.75, 3.05) is 18.8 Å². The lowest BCUT2D eigenvalue weighted by Gasteiger charge is -2.30. The molecule has 4 nitrogen and oxygen atoms in total. The predicted molar refractivity (Wildman–Crippen MR) is 87.9 cm³/mol. The Bertz CT molecular complexity index is 696. The van der Waals surface area contributed by atoms with E-state index in [1.165, 1.54) is 6.42 Å². The molecule has 0 unspecified atom stereocenters. The van der Waals surface area contributed by atoms with Gasteiger partial charge >= 0.3 is 0 Å². The largest absolute Gasteiger partial charge is 0.451 e. The summed E-state index contributed by atoms with van der Waals surface area (Å²) in [5, 5.41) is 0.514. The maximum Gasteiger partial charge on any atom is 0.289 e. The molecule has 22 heavy (non-hydrogen) atoms. The Morgan fingerprint density at radius 3 is 2.91 bits per heavy atom. The van der Waals surface area contributed by atoms with Crippen LogP contribution in [-0.2, 0) is 0 Å². The molecule has 1 saturated heterocycles. The fourth-order valence-electron chi connectivity index (χ4n) is 2.86. The average Bonchev–Trinajstić information content (AvgIpc) is 2.96. The number of halogens is 1. The molecule has 1 amide bonds. The van der Waals surface area contributed by atoms with Gasteiger partial charge in [-0.1, -0.05) is 18.5 Å². The lowest BCUT2D eigenvalue weighted by Crippen LogP contribution is -2.38. The zero-order valence-electron chi connectivity index (χ0n) is 12.5. The number of furan rings is 1. The molecule has 2 aromatic rings. The zero-order valence-corrected chi connectivity index (χ0v) is 13.3. The first-order valence-corrected chi connectivity index (χ1v) is 7.87. The van der Waals surface area contributed by atoms with Gasteiger partial charge in [-0.05, 0) is 49.1 Å². The molecule has 116 valence electrons. The van der Waals surface area contributed by atoms with Crippen molar-refractivity contribution in [3.05, 3.63) is 41.1 Å². The van der Waals surface area contributed by atoms with E-state index in [1.807, 2.05) is 4.90 Å². The molecule has 5 heteroatoms. The molecular formula is C17H19ClN2O2. The summed E-state index contributed by atoms with van der Waals surface area (Å²) in [7, 11) is 0. The van der Waals surface area contributed by atoms with Crippen LogP contribution in [0.4, 0.5) is 5.69 Å². The van der Waals surface area contributed by atoms with Crippen LogP contribution in [0.2, 0.25) is 5.02 Å². The minimum atomic E-state index is -0.0515. The number of piperidine rings is 1. The Morgan fingerprint density at radius 1 is 1.36 bits per heavy atom. The SMILES string of the molecule is C[C@H]1CCCN(C(=O)c2ccc(-c3ccc(N)cc3Cl)o2)C1. The number of hydrogen-bond donors (Lipinski definition) is 1. The van der Waals surface area contributed by atoms with Crippen LogP contribution in [-0.4, -0.2) is 23.9 Å². The second-order valence-electron chi connectivity index (χ2n) is 5.90. The van der Waals surface area contributed by atoms with Crippen molar-refractivity contribution in [1.29, 1.82) is 0 Å². The topological polar surface area (TPSA) is 59.5 Å². The van der Waals surface area contributed by atoms with Crippen LogP contribution in [0.5, 0.6) is 0 Å². The van der Waals surface area contributed by atoms with Crippen molar-refractivity contribution in [2.45, 2.75) is 19.8 Å². The van der Waals surface area contributed by atoms with Gasteiger partial charge in [0.15, 0.2) is 5.76 Å². The zero-order chi connectivity index (χ0) is 15.7. The van der Waals surface area contributed by atoms with Gasteiger partial charge in [0.05, 0.1) is 5.02 Å². The minimum absolute atomic E-state index is 0.0515. The van der Waals surface area contributed by atoms with E-state index in [2.05, 4.69) is 6.92 Å². The fraction of sp³-hybridized carbons (Fsp3) is 0.353. The molecule has 0 bridgehead atoms. The van der Waals surface area contributed by atoms with Gasteiger partial charge in [-0.15, -0.1) is 0 Å². The smallest absolute Gasteiger partial charge is 0.289 e. The van der Waals surface area contributed by atoms with Gasteiger partial charge in [0.1, 0.15) is 5.76 Å². The number of benzene rings is 1. The van der Waals surface area contributed by atoms with Crippen molar-refractivity contribution in [2.24, 2.45) is 5.92 Å². The van der Waals surface area contributed by atoms with Crippen LogP contribution in [0.3, 0.4) is 0 Å². The number of anilines is 1. The maximum atomic E-state index is 12.5. The first kappa shape index (κ1) is 15.0. The number of nitrogens with two attached hydrogens (primary N) is 1. The summed E-state index contributed by atoms with van der Waals surface area (Å²) in [6.07, 6.45) is 2.22. The first-order chi connectivity index (χ1) is 10.5. The summed E-state index contributed by atoms with van der Waals surface area (Å²) >= 11 is 6.19. The number of carbonyl (C=O) groups excluding carboxylic acids is 1. The van der Waals surface area contributed by atoms with Crippen LogP contribution >= 0.6 is 11.6 Å². The highest BCUT2D eigenvalue weighted by Gasteiger charge is 2.24. The van der Waals surface area contributed by atoms with Crippen LogP contribution < -0.4 is 5.73 Å². The Labute approximate surface area is 134 Å². The lowest BCUT2D eigenvalue weighted by molar-refractivity contribution is 0.0652. The first-order valence-electron chi connectivity index (χ1n) is 7.49. The molecule has 1 aliphatic rings. The maximum absolute atomic E-state index is 12.5. The normalized spacial score (nSPS) is 18.5. The molecule has 0 radical (unpaired) electrons. The second kappa shape index (κ2) is 6.05. The number of nitrogen functional groups attached to an aromatic ring is 1. The van der Waals surface area contributed by atoms with Crippen molar-refractivity contribution in [3.63, 3.8) is 0 Å². The minimum Gasteiger partial charge on any atom is -0.451 e. The molecule has 2 N–H and O–H groups in total. The van der Waals surface area contributed by atoms with E-state index in [9.17, 15) is 4.79 Å². The summed E-state index contributed by atoms with van der Waals surface area (Å²) in [4.78, 5) is 14.4. The monoisotopic (exact) mass is 318 g/mol. The number of amides is 1. The van der Waals surface area contributed by atoms with Gasteiger partial charge in [-0.3, -0.25) is 4.79 Å². The van der Waals surface area contributed by atoms with E-state index in [0.29, 0.717) is 28.1 Å². The molecule has 1 aliphatic heterocycles. The van der Waals surface area contributed by atoms with Gasteiger partial charge in [-0.2, -0.15) is 0 Å². The molecule has 3 rings (SSSR count). The van der Waals surface area contributed by atoms with Crippen LogP contribution in [0.15, 0.2) is 34.7 Å². The molecule has 0 spiro atoms. The van der Waals surface area contributed by atoms with E-state index in [0.717, 1.165) is 25.1 Å². The van der Waals surface area contributed by atoms with Crippen LogP contribution in [0.25, 0.3) is 11.3 Å². The van der Waals surface area contributed by atoms with E-state index >= 15 is 0 Å². The summed E-state index contributed by atoms with van der Waals surface area (Å²) in [6, 6.07) is 8.72. The van der Waals surface area contributed by atoms with Gasteiger partial charge < -0.3 is 15.1 Å². The molecule has 2 heterocycles. The molecular weight excluding hydrogens is 300 g/mol. The van der Waals surface area contributed by atoms with Crippen molar-refractivity contribution in [1.82, 2.24) is 4.90 Å². The Morgan fingerprint density at radius 2 is 2.18 bits per heavy atom. The van der Waals surface area contributed by atoms with Crippen LogP contribution in [0.1, 0.15) is 30.3 Å². The number of carbonyl (C=O) groups is 1. The number of nitrogens with zero attached hydrogens (tertiary/aromatic N) is 1. The molecule has 1 fully saturated rings. The molecule has 0 aliphatic carbocycles. The highest BCUT2D eigenvalue weighted by molar-refractivity contribution is 6.33. The highest BCUT2D eigenvalue weighted by atomic mass is 35.5. The van der Waals surface area contributed by atoms with E-state index in [1.54, 1.807) is 30.3 Å². The fourth-order valence-corrected chi connectivity index (χ4v) is 3.14. The molecule has 0 saturated carbocycles. The molecule has 1 aromatic heterocycles. The van der Waals surface area contributed by atoms with Gasteiger partial charge in [0.25, 0.3) is 5.91 Å². The quantitative estimate of drug-likeness (QED) is 0.850. The summed E-state index contributed by atoms with van der Waals surface area (Å²) in [5.41, 5.74) is 7.03. The standard InChI is InChI=1S/C17H19ClN2O2/c1-11-3-2-8-20(10-11)17(21)16-7-6-15(22-16)13-5-4-12(19)9-14(13)18/h4-7,9,11H,2-3,8,10,19H2,1H3/t11-/m0/s1. The Kier molecular flexibility index (Phi) is 4.12. The molecule has 1 aromatic carbocycles. The van der Waals surface area contributed by atoms with Crippen LogP contribution in [0, 0.1) is 5.92 Å². The van der Waals surface area contributed by atoms with E-state index in [-0.39, 0.29) is 5.91 Å². The van der Waals surface area contributed by atoms with Gasteiger partial charge in [-0.25, -0.2) is 0 Å². The third-order valence-electron chi connectivity index (χ3n) is 4.02. The highest BCUT2D eigenvalue weighted by Crippen LogP contribution is 2.31. The summed E-state index contributed by atoms with van der Waals surface area (Å²) in [6.45, 7) is 3.75. The van der Waals surface area contributed by atoms with E-state index < -0.39 is 0 Å². The Hall–Kier alpha value is -1.94. The lowest BCUT2D eigenvalue weighted by atomic mass is 10.0. The Balaban J connectivity index is 1.82. The summed E-state index contributed by atoms with van der Waals surface area (Å²) in [5.74, 6) is 1.43. The van der Waals surface area contributed by atoms with Gasteiger partial charge in [0, 0.05) is 24.3 Å². The van der Waals surface area contributed by atoms with Crippen molar-refractivity contribution in [3.8, 4) is 11.3 Å². The predicted octanol–water partition coefficient (Wildman–Crippen LogP) is 4.05. The molecule has 1 atom stereocenters. The number of hydrogen-bond acceptors (Lipinski definition) is 3. The third-order valence-corrected chi connectivity index (χ3v) is 4.33. The van der Waals surface area contributed by atoms with Crippen molar-refractivity contribution >= 4 is 23.2 Å². The second-order valence-corrected chi connectivity index (χ2v) is 6.31. The average molecular weight is 319 g/mol. The number of rotatable bonds is 2. The van der Waals surface area contributed by atoms with Gasteiger partial charge in [0.2, 0.25) is 0 Å². The third kappa shape index (κ3) is 2.97. The van der Waals surface area contributed by atoms with E-state index in [4.69, 9.17) is 21.8 Å². The number of likely N-dealkylation sites (tertiary alicyclic amines) is 1. The van der Waals surface area contributed by atoms with Crippen molar-refractivity contribution < 1.29 is 9.21 Å². The summed E-state index contributed by atoms with van der Waals surface area (Å²) < 4.78 is 5.72.